The molecule has 1 fully saturated rings. The number of benzene rings is 3. The topological polar surface area (TPSA) is 87.7 Å². The number of ether oxygens (including phenoxy) is 1. The Hall–Kier alpha value is -3.91. The van der Waals surface area contributed by atoms with Gasteiger partial charge in [-0.3, -0.25) is 14.5 Å². The SMILES string of the molecule is CC(C)NC(=O)[C@H]1[C@H](c2cccc(NC(=O)c3ccccc3F)c2)OC(=O)N1Cc1cccc(Cl)c1. The Morgan fingerprint density at radius 2 is 1.81 bits per heavy atom. The summed E-state index contributed by atoms with van der Waals surface area (Å²) in [5, 5.41) is 6.03. The van der Waals surface area contributed by atoms with Crippen molar-refractivity contribution < 1.29 is 23.5 Å². The number of cyclic esters (lactones) is 1. The summed E-state index contributed by atoms with van der Waals surface area (Å²) in [6.45, 7) is 3.77. The van der Waals surface area contributed by atoms with E-state index in [1.807, 2.05) is 19.9 Å². The van der Waals surface area contributed by atoms with Gasteiger partial charge in [0.1, 0.15) is 5.82 Å². The molecule has 7 nitrogen and oxygen atoms in total. The number of carbonyl (C=O) groups is 3. The van der Waals surface area contributed by atoms with E-state index in [9.17, 15) is 18.8 Å². The molecule has 3 aromatic carbocycles. The van der Waals surface area contributed by atoms with Crippen molar-refractivity contribution in [2.45, 2.75) is 38.6 Å². The predicted molar refractivity (Wildman–Crippen MR) is 134 cm³/mol. The molecular weight excluding hydrogens is 485 g/mol. The first kappa shape index (κ1) is 25.2. The molecule has 3 amide bonds. The highest BCUT2D eigenvalue weighted by atomic mass is 35.5. The minimum atomic E-state index is -0.962. The van der Waals surface area contributed by atoms with Gasteiger partial charge in [-0.25, -0.2) is 9.18 Å². The van der Waals surface area contributed by atoms with Crippen LogP contribution in [-0.2, 0) is 16.1 Å². The average molecular weight is 510 g/mol. The van der Waals surface area contributed by atoms with E-state index in [1.165, 1.54) is 23.1 Å². The maximum absolute atomic E-state index is 14.0. The molecule has 186 valence electrons. The van der Waals surface area contributed by atoms with Gasteiger partial charge in [-0.15, -0.1) is 0 Å². The molecule has 1 saturated heterocycles. The molecule has 1 heterocycles. The molecule has 0 radical (unpaired) electrons. The van der Waals surface area contributed by atoms with Crippen LogP contribution in [0.25, 0.3) is 0 Å². The van der Waals surface area contributed by atoms with Crippen molar-refractivity contribution in [1.82, 2.24) is 10.2 Å². The number of halogens is 2. The summed E-state index contributed by atoms with van der Waals surface area (Å²) >= 11 is 6.10. The third-order valence-corrected chi connectivity index (χ3v) is 5.85. The van der Waals surface area contributed by atoms with E-state index in [-0.39, 0.29) is 24.1 Å². The van der Waals surface area contributed by atoms with E-state index >= 15 is 0 Å². The molecule has 4 rings (SSSR count). The summed E-state index contributed by atoms with van der Waals surface area (Å²) in [5.41, 5.74) is 1.52. The average Bonchev–Trinajstić information content (AvgIpc) is 3.15. The molecule has 2 atom stereocenters. The summed E-state index contributed by atoms with van der Waals surface area (Å²) in [5.74, 6) is -1.63. The number of amides is 3. The molecule has 0 unspecified atom stereocenters. The minimum Gasteiger partial charge on any atom is -0.438 e. The van der Waals surface area contributed by atoms with E-state index in [0.717, 1.165) is 5.56 Å². The molecule has 0 aromatic heterocycles. The zero-order chi connectivity index (χ0) is 25.8. The molecule has 36 heavy (non-hydrogen) atoms. The Balaban J connectivity index is 1.62. The Bertz CT molecular complexity index is 1300. The van der Waals surface area contributed by atoms with Gasteiger partial charge in [0.15, 0.2) is 12.1 Å². The van der Waals surface area contributed by atoms with Gasteiger partial charge in [-0.2, -0.15) is 0 Å². The number of rotatable bonds is 7. The van der Waals surface area contributed by atoms with Crippen LogP contribution in [0.1, 0.15) is 41.4 Å². The second-order valence-corrected chi connectivity index (χ2v) is 9.17. The highest BCUT2D eigenvalue weighted by Crippen LogP contribution is 2.35. The fourth-order valence-electron chi connectivity index (χ4n) is 4.05. The monoisotopic (exact) mass is 509 g/mol. The highest BCUT2D eigenvalue weighted by molar-refractivity contribution is 6.30. The first-order chi connectivity index (χ1) is 17.2. The molecule has 3 aromatic rings. The highest BCUT2D eigenvalue weighted by Gasteiger charge is 2.47. The summed E-state index contributed by atoms with van der Waals surface area (Å²) < 4.78 is 19.7. The van der Waals surface area contributed by atoms with Crippen molar-refractivity contribution in [2.24, 2.45) is 0 Å². The Morgan fingerprint density at radius 1 is 1.06 bits per heavy atom. The van der Waals surface area contributed by atoms with Crippen molar-refractivity contribution >= 4 is 35.2 Å². The summed E-state index contributed by atoms with van der Waals surface area (Å²) in [4.78, 5) is 40.1. The summed E-state index contributed by atoms with van der Waals surface area (Å²) in [7, 11) is 0. The van der Waals surface area contributed by atoms with E-state index in [2.05, 4.69) is 10.6 Å². The van der Waals surface area contributed by atoms with Crippen LogP contribution < -0.4 is 10.6 Å². The number of nitrogens with one attached hydrogen (secondary N) is 2. The van der Waals surface area contributed by atoms with Crippen LogP contribution in [-0.4, -0.2) is 34.9 Å². The molecule has 0 aliphatic carbocycles. The van der Waals surface area contributed by atoms with Crippen LogP contribution in [0.3, 0.4) is 0 Å². The fourth-order valence-corrected chi connectivity index (χ4v) is 4.26. The zero-order valence-corrected chi connectivity index (χ0v) is 20.5. The molecule has 0 spiro atoms. The van der Waals surface area contributed by atoms with E-state index in [0.29, 0.717) is 16.3 Å². The van der Waals surface area contributed by atoms with Gasteiger partial charge in [0.25, 0.3) is 5.91 Å². The van der Waals surface area contributed by atoms with Crippen LogP contribution in [0.15, 0.2) is 72.8 Å². The van der Waals surface area contributed by atoms with Crippen molar-refractivity contribution in [1.29, 1.82) is 0 Å². The molecule has 1 aliphatic rings. The Morgan fingerprint density at radius 3 is 2.53 bits per heavy atom. The zero-order valence-electron chi connectivity index (χ0n) is 19.7. The first-order valence-corrected chi connectivity index (χ1v) is 11.8. The van der Waals surface area contributed by atoms with E-state index < -0.39 is 30.0 Å². The third kappa shape index (κ3) is 5.66. The number of hydrogen-bond donors (Lipinski definition) is 2. The lowest BCUT2D eigenvalue weighted by Gasteiger charge is -2.25. The van der Waals surface area contributed by atoms with Gasteiger partial charge < -0.3 is 15.4 Å². The normalized spacial score (nSPS) is 17.1. The largest absolute Gasteiger partial charge is 0.438 e. The Labute approximate surface area is 213 Å². The third-order valence-electron chi connectivity index (χ3n) is 5.62. The van der Waals surface area contributed by atoms with Crippen LogP contribution in [0.5, 0.6) is 0 Å². The molecule has 9 heteroatoms. The standard InChI is InChI=1S/C27H25ClFN3O4/c1-16(2)30-26(34)23-24(36-27(35)32(23)15-17-7-5-9-19(28)13-17)18-8-6-10-20(14-18)31-25(33)21-11-3-4-12-22(21)29/h3-14,16,23-24H,15H2,1-2H3,(H,30,34)(H,31,33)/t23-,24+/m1/s1. The predicted octanol–water partition coefficient (Wildman–Crippen LogP) is 5.32. The lowest BCUT2D eigenvalue weighted by atomic mass is 9.99. The smallest absolute Gasteiger partial charge is 0.411 e. The lowest BCUT2D eigenvalue weighted by Crippen LogP contribution is -2.48. The van der Waals surface area contributed by atoms with Crippen LogP contribution in [0, 0.1) is 5.82 Å². The summed E-state index contributed by atoms with van der Waals surface area (Å²) in [6.07, 6.45) is -1.58. The minimum absolute atomic E-state index is 0.0999. The van der Waals surface area contributed by atoms with Gasteiger partial charge >= 0.3 is 6.09 Å². The second-order valence-electron chi connectivity index (χ2n) is 8.73. The number of anilines is 1. The van der Waals surface area contributed by atoms with Crippen LogP contribution in [0.2, 0.25) is 5.02 Å². The van der Waals surface area contributed by atoms with E-state index in [1.54, 1.807) is 48.5 Å². The van der Waals surface area contributed by atoms with Gasteiger partial charge in [-0.1, -0.05) is 48.0 Å². The number of hydrogen-bond acceptors (Lipinski definition) is 4. The molecule has 0 bridgehead atoms. The van der Waals surface area contributed by atoms with Gasteiger partial charge in [0.2, 0.25) is 5.91 Å². The van der Waals surface area contributed by atoms with Gasteiger partial charge in [0.05, 0.1) is 12.1 Å². The maximum atomic E-state index is 14.0. The van der Waals surface area contributed by atoms with Crippen molar-refractivity contribution in [3.8, 4) is 0 Å². The Kier molecular flexibility index (Phi) is 7.55. The van der Waals surface area contributed by atoms with E-state index in [4.69, 9.17) is 16.3 Å². The molecule has 0 saturated carbocycles. The number of carbonyl (C=O) groups excluding carboxylic acids is 3. The molecule has 2 N–H and O–H groups in total. The van der Waals surface area contributed by atoms with Crippen molar-refractivity contribution in [3.05, 3.63) is 100 Å². The lowest BCUT2D eigenvalue weighted by molar-refractivity contribution is -0.126. The first-order valence-electron chi connectivity index (χ1n) is 11.4. The van der Waals surface area contributed by atoms with Crippen LogP contribution >= 0.6 is 11.6 Å². The fraction of sp³-hybridized carbons (Fsp3) is 0.222. The van der Waals surface area contributed by atoms with Crippen molar-refractivity contribution in [3.63, 3.8) is 0 Å². The molecular formula is C27H25ClFN3O4. The van der Waals surface area contributed by atoms with Crippen molar-refractivity contribution in [2.75, 3.05) is 5.32 Å². The van der Waals surface area contributed by atoms with Gasteiger partial charge in [0, 0.05) is 16.8 Å². The van der Waals surface area contributed by atoms with Crippen LogP contribution in [0.4, 0.5) is 14.9 Å². The van der Waals surface area contributed by atoms with Gasteiger partial charge in [-0.05, 0) is 61.4 Å². The quantitative estimate of drug-likeness (QED) is 0.451. The number of nitrogens with zero attached hydrogens (tertiary/aromatic N) is 1. The maximum Gasteiger partial charge on any atom is 0.411 e. The summed E-state index contributed by atoms with van der Waals surface area (Å²) in [6, 6.07) is 18.2. The second kappa shape index (κ2) is 10.8. The molecule has 1 aliphatic heterocycles.